The quantitative estimate of drug-likeness (QED) is 0.283. The summed E-state index contributed by atoms with van der Waals surface area (Å²) >= 11 is 12.2. The van der Waals surface area contributed by atoms with Crippen LogP contribution in [0.15, 0.2) is 48.5 Å². The molecule has 5 rings (SSSR count). The number of anilines is 4. The van der Waals surface area contributed by atoms with E-state index in [1.54, 1.807) is 0 Å². The number of rotatable bonds is 0. The van der Waals surface area contributed by atoms with E-state index in [0.717, 1.165) is 22.3 Å². The molecule has 2 aromatic carbocycles. The molecule has 0 amide bonds. The lowest BCUT2D eigenvalue weighted by Crippen LogP contribution is -2.11. The summed E-state index contributed by atoms with van der Waals surface area (Å²) in [6.45, 7) is 2.06. The van der Waals surface area contributed by atoms with Gasteiger partial charge in [0.05, 0.1) is 0 Å². The normalized spacial score (nSPS) is 13.5. The van der Waals surface area contributed by atoms with Crippen molar-refractivity contribution >= 4 is 47.0 Å². The molecule has 0 saturated heterocycles. The molecule has 1 aliphatic rings. The fraction of sp³-hybridized carbons (Fsp3) is 0.182. The summed E-state index contributed by atoms with van der Waals surface area (Å²) in [6, 6.07) is 16.1. The summed E-state index contributed by atoms with van der Waals surface area (Å²) < 4.78 is 0. The average molecular weight is 495 g/mol. The molecule has 4 aromatic rings. The van der Waals surface area contributed by atoms with E-state index in [-0.39, 0.29) is 10.6 Å². The third-order valence-corrected chi connectivity index (χ3v) is 5.34. The minimum atomic E-state index is 0.116. The maximum atomic E-state index is 6.12. The van der Waals surface area contributed by atoms with Gasteiger partial charge in [0, 0.05) is 26.2 Å². The summed E-state index contributed by atoms with van der Waals surface area (Å²) in [5.74, 6) is 1.58. The molecule has 0 radical (unpaired) electrons. The molecule has 2 aromatic heterocycles. The number of benzene rings is 2. The van der Waals surface area contributed by atoms with Crippen LogP contribution in [-0.2, 0) is 26.2 Å². The van der Waals surface area contributed by atoms with E-state index in [9.17, 15) is 0 Å². The molecule has 172 valence electrons. The Labute approximate surface area is 205 Å². The van der Waals surface area contributed by atoms with E-state index < -0.39 is 0 Å². The minimum absolute atomic E-state index is 0.116. The highest BCUT2D eigenvalue weighted by Crippen LogP contribution is 2.16. The topological polar surface area (TPSA) is 125 Å². The Morgan fingerprint density at radius 2 is 0.765 bits per heavy atom. The third-order valence-electron chi connectivity index (χ3n) is 5.00. The van der Waals surface area contributed by atoms with Crippen LogP contribution < -0.4 is 21.3 Å². The monoisotopic (exact) mass is 494 g/mol. The van der Waals surface area contributed by atoms with Gasteiger partial charge in [-0.25, -0.2) is 0 Å². The Morgan fingerprint density at radius 3 is 1.06 bits per heavy atom. The first-order chi connectivity index (χ1) is 16.6. The number of hydrogen-bond acceptors (Lipinski definition) is 10. The van der Waals surface area contributed by atoms with Crippen LogP contribution in [0.3, 0.4) is 0 Å². The maximum absolute atomic E-state index is 6.12. The number of aromatic nitrogens is 6. The van der Waals surface area contributed by atoms with Gasteiger partial charge in [0.2, 0.25) is 34.4 Å². The molecular weight excluding hydrogens is 475 g/mol. The predicted molar refractivity (Wildman–Crippen MR) is 132 cm³/mol. The van der Waals surface area contributed by atoms with Gasteiger partial charge in [-0.1, -0.05) is 48.5 Å². The predicted octanol–water partition coefficient (Wildman–Crippen LogP) is 4.13. The largest absolute Gasteiger partial charge is 0.350 e. The summed E-state index contributed by atoms with van der Waals surface area (Å²) in [4.78, 5) is 25.6. The van der Waals surface area contributed by atoms with E-state index in [4.69, 9.17) is 23.2 Å². The Balaban J connectivity index is 1.45. The van der Waals surface area contributed by atoms with E-state index in [0.29, 0.717) is 50.0 Å². The lowest BCUT2D eigenvalue weighted by atomic mass is 10.1. The van der Waals surface area contributed by atoms with Crippen molar-refractivity contribution in [3.05, 3.63) is 81.4 Å². The average Bonchev–Trinajstić information content (AvgIpc) is 2.83. The van der Waals surface area contributed by atoms with E-state index >= 15 is 0 Å². The molecule has 0 saturated carbocycles. The third kappa shape index (κ3) is 5.77. The molecule has 0 atom stereocenters. The Kier molecular flexibility index (Phi) is 6.50. The van der Waals surface area contributed by atoms with E-state index in [1.165, 1.54) is 0 Å². The minimum Gasteiger partial charge on any atom is -0.350 e. The number of halogens is 2. The van der Waals surface area contributed by atoms with Crippen molar-refractivity contribution in [2.24, 2.45) is 0 Å². The lowest BCUT2D eigenvalue weighted by molar-refractivity contribution is 0.962. The van der Waals surface area contributed by atoms with Gasteiger partial charge in [-0.05, 0) is 45.5 Å². The van der Waals surface area contributed by atoms with Crippen LogP contribution in [0.2, 0.25) is 10.6 Å². The van der Waals surface area contributed by atoms with Crippen LogP contribution in [0, 0.1) is 0 Å². The van der Waals surface area contributed by atoms with Crippen molar-refractivity contribution in [3.8, 4) is 0 Å². The number of fused-ring (bicyclic) bond motifs is 8. The Morgan fingerprint density at radius 1 is 0.471 bits per heavy atom. The Bertz CT molecular complexity index is 1130. The zero-order valence-corrected chi connectivity index (χ0v) is 19.4. The van der Waals surface area contributed by atoms with Crippen LogP contribution in [0.4, 0.5) is 23.8 Å². The van der Waals surface area contributed by atoms with Crippen LogP contribution >= 0.6 is 23.2 Å². The van der Waals surface area contributed by atoms with Crippen molar-refractivity contribution < 1.29 is 0 Å². The van der Waals surface area contributed by atoms with Crippen molar-refractivity contribution in [2.45, 2.75) is 26.2 Å². The first-order valence-corrected chi connectivity index (χ1v) is 11.3. The molecular formula is C22H20Cl2N10. The summed E-state index contributed by atoms with van der Waals surface area (Å²) in [7, 11) is 0. The number of nitrogens with zero attached hydrogens (tertiary/aromatic N) is 6. The molecule has 1 aliphatic heterocycles. The van der Waals surface area contributed by atoms with Gasteiger partial charge in [-0.15, -0.1) is 0 Å². The van der Waals surface area contributed by atoms with Crippen LogP contribution in [0.5, 0.6) is 0 Å². The number of hydrogen-bond donors (Lipinski definition) is 4. The summed E-state index contributed by atoms with van der Waals surface area (Å²) in [6.07, 6.45) is 0. The van der Waals surface area contributed by atoms with Gasteiger partial charge >= 0.3 is 0 Å². The van der Waals surface area contributed by atoms with E-state index in [2.05, 4.69) is 63.3 Å². The fourth-order valence-corrected chi connectivity index (χ4v) is 3.76. The highest BCUT2D eigenvalue weighted by molar-refractivity contribution is 6.28. The van der Waals surface area contributed by atoms with Gasteiger partial charge in [0.1, 0.15) is 0 Å². The Hall–Kier alpha value is -3.76. The first-order valence-electron chi connectivity index (χ1n) is 10.5. The molecule has 8 bridgehead atoms. The molecule has 0 unspecified atom stereocenters. The van der Waals surface area contributed by atoms with Crippen LogP contribution in [0.1, 0.15) is 22.3 Å². The zero-order chi connectivity index (χ0) is 23.3. The van der Waals surface area contributed by atoms with Gasteiger partial charge in [-0.2, -0.15) is 29.9 Å². The summed E-state index contributed by atoms with van der Waals surface area (Å²) in [5, 5.41) is 13.1. The standard InChI is InChI=1S/C22H20Cl2N10/c23-17-29-19-25-9-13-3-1-4-14(7-13)10-26-20-30-18(24)32-22(34-20)28-12-16-6-2-5-15(8-16)11-27-21(31-17)33-19/h1-8H,9-12H2,(H2,25,27,29,31,33)(H2,26,28,30,32,34). The van der Waals surface area contributed by atoms with Crippen LogP contribution in [0.25, 0.3) is 0 Å². The van der Waals surface area contributed by atoms with Crippen molar-refractivity contribution in [3.63, 3.8) is 0 Å². The molecule has 0 spiro atoms. The highest BCUT2D eigenvalue weighted by Gasteiger charge is 2.09. The second-order valence-electron chi connectivity index (χ2n) is 7.56. The van der Waals surface area contributed by atoms with Gasteiger partial charge in [0.25, 0.3) is 0 Å². The molecule has 3 heterocycles. The molecule has 0 fully saturated rings. The zero-order valence-electron chi connectivity index (χ0n) is 17.9. The lowest BCUT2D eigenvalue weighted by Gasteiger charge is -2.12. The van der Waals surface area contributed by atoms with Crippen molar-refractivity contribution in [2.75, 3.05) is 21.3 Å². The fourth-order valence-electron chi connectivity index (χ4n) is 3.44. The highest BCUT2D eigenvalue weighted by atomic mass is 35.5. The van der Waals surface area contributed by atoms with Gasteiger partial charge in [-0.3, -0.25) is 0 Å². The molecule has 10 nitrogen and oxygen atoms in total. The second kappa shape index (κ2) is 10.0. The number of nitrogens with one attached hydrogen (secondary N) is 4. The summed E-state index contributed by atoms with van der Waals surface area (Å²) in [5.41, 5.74) is 4.19. The van der Waals surface area contributed by atoms with Crippen molar-refractivity contribution in [1.82, 2.24) is 29.9 Å². The maximum Gasteiger partial charge on any atom is 0.229 e. The molecule has 34 heavy (non-hydrogen) atoms. The van der Waals surface area contributed by atoms with Crippen LogP contribution in [-0.4, -0.2) is 29.9 Å². The second-order valence-corrected chi connectivity index (χ2v) is 8.23. The van der Waals surface area contributed by atoms with Gasteiger partial charge in [0.15, 0.2) is 0 Å². The molecule has 4 N–H and O–H groups in total. The van der Waals surface area contributed by atoms with E-state index in [1.807, 2.05) is 36.4 Å². The SMILES string of the molecule is Clc1nc2nc(n1)NCc1cccc(c1)CNc1nc(Cl)nc(n1)NCc1cccc(c1)CN2. The van der Waals surface area contributed by atoms with Gasteiger partial charge < -0.3 is 21.3 Å². The molecule has 12 heteroatoms. The molecule has 0 aliphatic carbocycles. The smallest absolute Gasteiger partial charge is 0.229 e. The first kappa shape index (κ1) is 22.1. The van der Waals surface area contributed by atoms with Crippen molar-refractivity contribution in [1.29, 1.82) is 0 Å².